The predicted molar refractivity (Wildman–Crippen MR) is 147 cm³/mol. The van der Waals surface area contributed by atoms with Crippen LogP contribution in [0.25, 0.3) is 10.4 Å². The number of hydrogen-bond donors (Lipinski definition) is 3. The van der Waals surface area contributed by atoms with E-state index < -0.39 is 38.5 Å². The molecule has 208 valence electrons. The number of benzene rings is 1. The molecule has 0 unspecified atom stereocenters. The number of piperazine rings is 1. The maximum atomic E-state index is 13.5. The van der Waals surface area contributed by atoms with Crippen molar-refractivity contribution in [3.8, 4) is 10.4 Å². The zero-order chi connectivity index (χ0) is 26.6. The molecule has 0 bridgehead atoms. The topological polar surface area (TPSA) is 166 Å². The summed E-state index contributed by atoms with van der Waals surface area (Å²) in [5, 5.41) is 16.8. The van der Waals surface area contributed by atoms with E-state index in [-0.39, 0.29) is 35.5 Å². The van der Waals surface area contributed by atoms with Gasteiger partial charge in [0.05, 0.1) is 5.75 Å². The third-order valence-electron chi connectivity index (χ3n) is 5.55. The van der Waals surface area contributed by atoms with Crippen molar-refractivity contribution >= 4 is 73.1 Å². The Kier molecular flexibility index (Phi) is 10.6. The molecule has 2 aromatic heterocycles. The quantitative estimate of drug-likeness (QED) is 0.130. The Hall–Kier alpha value is -1.76. The fraction of sp³-hybridized carbons (Fsp3) is 0.350. The lowest BCUT2D eigenvalue weighted by atomic mass is 10.2. The number of nitrogens with zero attached hydrogens (tertiary/aromatic N) is 4. The number of thioether (sulfide) groups is 1. The van der Waals surface area contributed by atoms with Crippen molar-refractivity contribution in [1.29, 1.82) is 0 Å². The lowest BCUT2D eigenvalue weighted by Crippen LogP contribution is -2.61. The maximum Gasteiger partial charge on any atom is 0.263 e. The first kappa shape index (κ1) is 30.8. The smallest absolute Gasteiger partial charge is 0.263 e. The first-order chi connectivity index (χ1) is 17.6. The molecule has 18 heteroatoms. The third-order valence-corrected chi connectivity index (χ3v) is 12.2. The second-order valence-electron chi connectivity index (χ2n) is 7.90. The van der Waals surface area contributed by atoms with Crippen LogP contribution in [0, 0.1) is 0 Å². The van der Waals surface area contributed by atoms with Gasteiger partial charge in [0.2, 0.25) is 10.0 Å². The van der Waals surface area contributed by atoms with Gasteiger partial charge in [-0.15, -0.1) is 23.7 Å². The van der Waals surface area contributed by atoms with Gasteiger partial charge in [-0.3, -0.25) is 15.1 Å². The summed E-state index contributed by atoms with van der Waals surface area (Å²) in [5.41, 5.74) is 2.25. The molecule has 3 heterocycles. The first-order valence-corrected chi connectivity index (χ1v) is 16.1. The molecular formula is C20H24Cl2N6O6S4. The van der Waals surface area contributed by atoms with Crippen LogP contribution in [-0.2, 0) is 24.8 Å². The number of amides is 1. The van der Waals surface area contributed by atoms with Crippen LogP contribution in [0.3, 0.4) is 0 Å². The SMILES string of the molecule is Cl.O=C(NO)[C@H]1CN(S(=O)(=O)CCCSc2ncn[nH]2)CCN1S(=O)(=O)c1ccc(-c2ccc(Cl)cc2)s1. The van der Waals surface area contributed by atoms with Crippen molar-refractivity contribution in [1.82, 2.24) is 29.3 Å². The third kappa shape index (κ3) is 7.05. The Bertz CT molecular complexity index is 1430. The summed E-state index contributed by atoms with van der Waals surface area (Å²) in [6.45, 7) is -0.791. The molecule has 1 aromatic carbocycles. The minimum atomic E-state index is -4.16. The molecule has 0 radical (unpaired) electrons. The Morgan fingerprint density at radius 1 is 1.18 bits per heavy atom. The highest BCUT2D eigenvalue weighted by Crippen LogP contribution is 2.34. The Morgan fingerprint density at radius 2 is 1.92 bits per heavy atom. The van der Waals surface area contributed by atoms with Crippen molar-refractivity contribution in [2.24, 2.45) is 0 Å². The van der Waals surface area contributed by atoms with E-state index in [9.17, 15) is 26.8 Å². The van der Waals surface area contributed by atoms with Gasteiger partial charge in [0.25, 0.3) is 15.9 Å². The fourth-order valence-electron chi connectivity index (χ4n) is 3.72. The summed E-state index contributed by atoms with van der Waals surface area (Å²) in [6.07, 6.45) is 1.67. The predicted octanol–water partition coefficient (Wildman–Crippen LogP) is 2.30. The van der Waals surface area contributed by atoms with Gasteiger partial charge < -0.3 is 0 Å². The van der Waals surface area contributed by atoms with Crippen LogP contribution in [0.15, 0.2) is 52.1 Å². The molecular weight excluding hydrogens is 619 g/mol. The average molecular weight is 644 g/mol. The monoisotopic (exact) mass is 642 g/mol. The number of hydroxylamine groups is 1. The summed E-state index contributed by atoms with van der Waals surface area (Å²) < 4.78 is 54.8. The lowest BCUT2D eigenvalue weighted by Gasteiger charge is -2.38. The van der Waals surface area contributed by atoms with E-state index in [4.69, 9.17) is 11.6 Å². The van der Waals surface area contributed by atoms with Gasteiger partial charge in [-0.05, 0) is 36.2 Å². The maximum absolute atomic E-state index is 13.5. The standard InChI is InChI=1S/C20H23ClN6O6S4.ClH/c21-15-4-2-14(3-5-15)17-6-7-18(35-17)37(32,33)27-9-8-26(12-16(27)19(28)25-29)36(30,31)11-1-10-34-20-22-13-23-24-20;/h2-7,13,16,29H,1,8-12H2,(H,25,28)(H,22,23,24);1H/t16-;/m1./s1. The molecule has 0 saturated carbocycles. The molecule has 0 aliphatic carbocycles. The van der Waals surface area contributed by atoms with Crippen LogP contribution in [0.1, 0.15) is 6.42 Å². The van der Waals surface area contributed by atoms with Crippen molar-refractivity contribution in [2.75, 3.05) is 31.1 Å². The van der Waals surface area contributed by atoms with Crippen LogP contribution in [0.2, 0.25) is 5.02 Å². The van der Waals surface area contributed by atoms with E-state index in [1.807, 2.05) is 0 Å². The largest absolute Gasteiger partial charge is 0.289 e. The van der Waals surface area contributed by atoms with E-state index in [2.05, 4.69) is 15.2 Å². The minimum Gasteiger partial charge on any atom is -0.289 e. The molecule has 0 spiro atoms. The second-order valence-corrected chi connectivity index (χ2v) is 14.7. The van der Waals surface area contributed by atoms with Crippen molar-refractivity contribution in [2.45, 2.75) is 21.8 Å². The van der Waals surface area contributed by atoms with Gasteiger partial charge in [0, 0.05) is 35.3 Å². The summed E-state index contributed by atoms with van der Waals surface area (Å²) in [4.78, 5) is 17.1. The summed E-state index contributed by atoms with van der Waals surface area (Å²) >= 11 is 8.27. The van der Waals surface area contributed by atoms with Crippen molar-refractivity contribution in [3.63, 3.8) is 0 Å². The van der Waals surface area contributed by atoms with Gasteiger partial charge in [-0.2, -0.15) is 13.7 Å². The zero-order valence-corrected chi connectivity index (χ0v) is 24.4. The van der Waals surface area contributed by atoms with Crippen LogP contribution in [0.4, 0.5) is 0 Å². The summed E-state index contributed by atoms with van der Waals surface area (Å²) in [7, 11) is -7.95. The normalized spacial score (nSPS) is 17.2. The molecule has 38 heavy (non-hydrogen) atoms. The second kappa shape index (κ2) is 13.1. The number of carbonyl (C=O) groups is 1. The van der Waals surface area contributed by atoms with Crippen molar-refractivity contribution in [3.05, 3.63) is 47.7 Å². The number of nitrogens with one attached hydrogen (secondary N) is 2. The number of thiophene rings is 1. The molecule has 4 rings (SSSR count). The lowest BCUT2D eigenvalue weighted by molar-refractivity contribution is -0.134. The zero-order valence-electron chi connectivity index (χ0n) is 19.6. The van der Waals surface area contributed by atoms with Crippen LogP contribution < -0.4 is 5.48 Å². The fourth-order valence-corrected chi connectivity index (χ4v) is 9.25. The Labute approximate surface area is 239 Å². The van der Waals surface area contributed by atoms with Crippen molar-refractivity contribution < 1.29 is 26.8 Å². The molecule has 3 aromatic rings. The molecule has 1 saturated heterocycles. The number of hydrogen-bond acceptors (Lipinski definition) is 10. The molecule has 1 atom stereocenters. The van der Waals surface area contributed by atoms with Gasteiger partial charge in [0.1, 0.15) is 16.6 Å². The summed E-state index contributed by atoms with van der Waals surface area (Å²) in [5.74, 6) is -0.736. The Morgan fingerprint density at radius 3 is 2.58 bits per heavy atom. The number of rotatable bonds is 10. The number of carbonyl (C=O) groups excluding carboxylic acids is 1. The number of aromatic nitrogens is 3. The molecule has 1 aliphatic heterocycles. The number of sulfonamides is 2. The van der Waals surface area contributed by atoms with Crippen LogP contribution in [0.5, 0.6) is 0 Å². The number of aromatic amines is 1. The Balaban J connectivity index is 0.00000400. The molecule has 3 N–H and O–H groups in total. The minimum absolute atomic E-state index is 0. The van der Waals surface area contributed by atoms with Gasteiger partial charge in [-0.1, -0.05) is 35.5 Å². The van der Waals surface area contributed by atoms with Gasteiger partial charge >= 0.3 is 0 Å². The first-order valence-electron chi connectivity index (χ1n) is 10.9. The van der Waals surface area contributed by atoms with E-state index >= 15 is 0 Å². The number of H-pyrrole nitrogens is 1. The van der Waals surface area contributed by atoms with Crippen LogP contribution >= 0.6 is 47.1 Å². The molecule has 1 fully saturated rings. The van der Waals surface area contributed by atoms with Gasteiger partial charge in [0.15, 0.2) is 5.16 Å². The highest BCUT2D eigenvalue weighted by Gasteiger charge is 2.43. The average Bonchev–Trinajstić information content (AvgIpc) is 3.59. The molecule has 1 amide bonds. The molecule has 1 aliphatic rings. The highest BCUT2D eigenvalue weighted by atomic mass is 35.5. The van der Waals surface area contributed by atoms with E-state index in [0.717, 1.165) is 25.5 Å². The molecule has 12 nitrogen and oxygen atoms in total. The number of halogens is 2. The van der Waals surface area contributed by atoms with E-state index in [0.29, 0.717) is 27.2 Å². The highest BCUT2D eigenvalue weighted by molar-refractivity contribution is 7.99. The van der Waals surface area contributed by atoms with Crippen LogP contribution in [-0.4, -0.2) is 88.9 Å². The summed E-state index contributed by atoms with van der Waals surface area (Å²) in [6, 6.07) is 8.56. The van der Waals surface area contributed by atoms with Gasteiger partial charge in [-0.25, -0.2) is 27.3 Å². The van der Waals surface area contributed by atoms with E-state index in [1.165, 1.54) is 29.6 Å². The van der Waals surface area contributed by atoms with E-state index in [1.54, 1.807) is 30.3 Å².